The zero-order valence-corrected chi connectivity index (χ0v) is 14.9. The van der Waals surface area contributed by atoms with Crippen molar-refractivity contribution in [3.8, 4) is 0 Å². The maximum absolute atomic E-state index is 13.4. The third-order valence-corrected chi connectivity index (χ3v) is 4.96. The number of thiazole rings is 1. The number of nitrogens with zero attached hydrogens (tertiary/aromatic N) is 1. The van der Waals surface area contributed by atoms with Gasteiger partial charge in [0.25, 0.3) is 5.91 Å². The molecule has 5 nitrogen and oxygen atoms in total. The predicted molar refractivity (Wildman–Crippen MR) is 92.5 cm³/mol. The Bertz CT molecular complexity index is 793. The Morgan fingerprint density at radius 2 is 1.96 bits per heavy atom. The fraction of sp³-hybridized carbons (Fsp3) is 0.375. The first-order chi connectivity index (χ1) is 12.2. The van der Waals surface area contributed by atoms with Crippen molar-refractivity contribution in [3.63, 3.8) is 0 Å². The average Bonchev–Trinajstić information content (AvgIpc) is 3.26. The van der Waals surface area contributed by atoms with Crippen LogP contribution in [0, 0.1) is 0 Å². The minimum Gasteiger partial charge on any atom is -0.375 e. The molecule has 1 aromatic heterocycles. The van der Waals surface area contributed by atoms with Gasteiger partial charge in [-0.3, -0.25) is 4.79 Å². The van der Waals surface area contributed by atoms with Crippen molar-refractivity contribution in [3.05, 3.63) is 45.9 Å². The molecule has 10 heteroatoms. The lowest BCUT2D eigenvalue weighted by molar-refractivity contribution is -0.263. The first-order valence-electron chi connectivity index (χ1n) is 7.74. The Kier molecular flexibility index (Phi) is 5.14. The highest BCUT2D eigenvalue weighted by Crippen LogP contribution is 2.39. The van der Waals surface area contributed by atoms with Crippen molar-refractivity contribution >= 4 is 34.0 Å². The molecule has 0 saturated heterocycles. The number of amides is 1. The van der Waals surface area contributed by atoms with Crippen molar-refractivity contribution in [2.45, 2.75) is 30.7 Å². The summed E-state index contributed by atoms with van der Waals surface area (Å²) in [5.41, 5.74) is -3.65. The molecule has 1 fully saturated rings. The zero-order valence-electron chi connectivity index (χ0n) is 13.3. The summed E-state index contributed by atoms with van der Waals surface area (Å²) >= 11 is 6.88. The number of halogens is 4. The lowest BCUT2D eigenvalue weighted by Crippen LogP contribution is -2.51. The highest BCUT2D eigenvalue weighted by Gasteiger charge is 2.55. The number of hydrogen-bond acceptors (Lipinski definition) is 5. The number of carbonyl (C=O) groups is 1. The Labute approximate surface area is 156 Å². The van der Waals surface area contributed by atoms with Crippen LogP contribution in [-0.4, -0.2) is 34.8 Å². The highest BCUT2D eigenvalue weighted by atomic mass is 35.5. The van der Waals surface area contributed by atoms with Crippen molar-refractivity contribution in [1.82, 2.24) is 10.3 Å². The molecule has 0 aliphatic heterocycles. The van der Waals surface area contributed by atoms with E-state index in [1.165, 1.54) is 28.8 Å². The van der Waals surface area contributed by atoms with Gasteiger partial charge < -0.3 is 15.7 Å². The second kappa shape index (κ2) is 7.05. The lowest BCUT2D eigenvalue weighted by Gasteiger charge is -2.31. The third kappa shape index (κ3) is 4.11. The van der Waals surface area contributed by atoms with Crippen molar-refractivity contribution in [2.75, 3.05) is 11.9 Å². The van der Waals surface area contributed by atoms with E-state index in [-0.39, 0.29) is 10.7 Å². The van der Waals surface area contributed by atoms with Gasteiger partial charge in [0.15, 0.2) is 5.13 Å². The van der Waals surface area contributed by atoms with E-state index < -0.39 is 29.8 Å². The van der Waals surface area contributed by atoms with Crippen LogP contribution in [0.1, 0.15) is 28.9 Å². The molecule has 2 aromatic rings. The number of anilines is 1. The minimum atomic E-state index is -4.99. The largest absolute Gasteiger partial charge is 0.423 e. The van der Waals surface area contributed by atoms with Gasteiger partial charge in [-0.25, -0.2) is 4.98 Å². The fourth-order valence-electron chi connectivity index (χ4n) is 2.24. The van der Waals surface area contributed by atoms with Gasteiger partial charge in [-0.2, -0.15) is 13.2 Å². The molecule has 1 amide bonds. The Hall–Kier alpha value is -1.84. The molecule has 0 bridgehead atoms. The number of carbonyl (C=O) groups excluding carboxylic acids is 1. The van der Waals surface area contributed by atoms with Crippen molar-refractivity contribution in [2.24, 2.45) is 0 Å². The maximum Gasteiger partial charge on any atom is 0.423 e. The van der Waals surface area contributed by atoms with Crippen molar-refractivity contribution in [1.29, 1.82) is 0 Å². The van der Waals surface area contributed by atoms with Crippen LogP contribution >= 0.6 is 22.9 Å². The zero-order chi connectivity index (χ0) is 18.9. The molecule has 3 N–H and O–H groups in total. The van der Waals surface area contributed by atoms with Crippen LogP contribution in [0.25, 0.3) is 0 Å². The summed E-state index contributed by atoms with van der Waals surface area (Å²) in [5.74, 6) is -0.790. The minimum absolute atomic E-state index is 0.00113. The monoisotopic (exact) mass is 405 g/mol. The summed E-state index contributed by atoms with van der Waals surface area (Å²) in [5, 5.41) is 17.7. The molecule has 1 aliphatic rings. The van der Waals surface area contributed by atoms with Crippen LogP contribution in [0.15, 0.2) is 29.6 Å². The molecule has 1 aromatic carbocycles. The molecule has 1 heterocycles. The Balaban J connectivity index is 1.72. The summed E-state index contributed by atoms with van der Waals surface area (Å²) < 4.78 is 40.3. The lowest BCUT2D eigenvalue weighted by atomic mass is 9.93. The molecule has 1 aliphatic carbocycles. The number of benzene rings is 1. The van der Waals surface area contributed by atoms with E-state index in [0.29, 0.717) is 11.2 Å². The molecule has 1 unspecified atom stereocenters. The Morgan fingerprint density at radius 3 is 2.54 bits per heavy atom. The van der Waals surface area contributed by atoms with E-state index in [1.54, 1.807) is 0 Å². The number of aromatic nitrogens is 1. The predicted octanol–water partition coefficient (Wildman–Crippen LogP) is 3.55. The van der Waals surface area contributed by atoms with Gasteiger partial charge in [0.1, 0.15) is 5.69 Å². The Morgan fingerprint density at radius 1 is 1.31 bits per heavy atom. The van der Waals surface area contributed by atoms with E-state index in [9.17, 15) is 23.1 Å². The molecule has 140 valence electrons. The van der Waals surface area contributed by atoms with Crippen LogP contribution in [0.2, 0.25) is 5.02 Å². The number of nitrogens with one attached hydrogen (secondary N) is 2. The summed E-state index contributed by atoms with van der Waals surface area (Å²) in [6, 6.07) is 4.97. The van der Waals surface area contributed by atoms with E-state index in [4.69, 9.17) is 11.6 Å². The quantitative estimate of drug-likeness (QED) is 0.687. The summed E-state index contributed by atoms with van der Waals surface area (Å²) in [7, 11) is 0. The van der Waals surface area contributed by atoms with Crippen molar-refractivity contribution < 1.29 is 23.1 Å². The number of aliphatic hydroxyl groups is 1. The highest BCUT2D eigenvalue weighted by molar-refractivity contribution is 7.13. The van der Waals surface area contributed by atoms with Crippen LogP contribution in [0.4, 0.5) is 18.3 Å². The molecular formula is C16H15ClF3N3O2S. The molecule has 0 radical (unpaired) electrons. The summed E-state index contributed by atoms with van der Waals surface area (Å²) in [4.78, 5) is 16.2. The van der Waals surface area contributed by atoms with Crippen LogP contribution in [-0.2, 0) is 5.60 Å². The number of rotatable bonds is 6. The summed E-state index contributed by atoms with van der Waals surface area (Å²) in [6.07, 6.45) is -2.93. The van der Waals surface area contributed by atoms with Gasteiger partial charge in [-0.15, -0.1) is 11.3 Å². The van der Waals surface area contributed by atoms with E-state index in [0.717, 1.165) is 25.0 Å². The molecule has 1 saturated carbocycles. The van der Waals surface area contributed by atoms with E-state index in [1.807, 2.05) is 0 Å². The first-order valence-corrected chi connectivity index (χ1v) is 9.00. The maximum atomic E-state index is 13.4. The van der Waals surface area contributed by atoms with Gasteiger partial charge in [0.05, 0.1) is 6.54 Å². The van der Waals surface area contributed by atoms with Crippen LogP contribution in [0.3, 0.4) is 0 Å². The van der Waals surface area contributed by atoms with Crippen LogP contribution in [0.5, 0.6) is 0 Å². The van der Waals surface area contributed by atoms with E-state index in [2.05, 4.69) is 15.6 Å². The van der Waals surface area contributed by atoms with E-state index >= 15 is 0 Å². The third-order valence-electron chi connectivity index (χ3n) is 3.94. The van der Waals surface area contributed by atoms with Crippen LogP contribution < -0.4 is 10.6 Å². The van der Waals surface area contributed by atoms with Gasteiger partial charge in [0, 0.05) is 16.4 Å². The molecular weight excluding hydrogens is 391 g/mol. The summed E-state index contributed by atoms with van der Waals surface area (Å²) in [6.45, 7) is -1.04. The second-order valence-electron chi connectivity index (χ2n) is 6.00. The topological polar surface area (TPSA) is 74.2 Å². The number of hydrogen-bond donors (Lipinski definition) is 3. The fourth-order valence-corrected chi connectivity index (χ4v) is 3.13. The van der Waals surface area contributed by atoms with Gasteiger partial charge in [0.2, 0.25) is 5.60 Å². The standard InChI is InChI=1S/C16H15ClF3N3O2S/c17-10-3-1-9(2-4-10)15(25,16(18,19)20)8-21-13(24)12-7-26-14(23-12)22-11-5-6-11/h1-4,7,11,25H,5-6,8H2,(H,21,24)(H,22,23). The average molecular weight is 406 g/mol. The normalized spacial score (nSPS) is 16.8. The van der Waals surface area contributed by atoms with Gasteiger partial charge in [-0.05, 0) is 30.5 Å². The van der Waals surface area contributed by atoms with Gasteiger partial charge >= 0.3 is 6.18 Å². The molecule has 1 atom stereocenters. The van der Waals surface area contributed by atoms with Gasteiger partial charge in [-0.1, -0.05) is 23.7 Å². The molecule has 0 spiro atoms. The second-order valence-corrected chi connectivity index (χ2v) is 7.30. The SMILES string of the molecule is O=C(NCC(O)(c1ccc(Cl)cc1)C(F)(F)F)c1csc(NC2CC2)n1. The smallest absolute Gasteiger partial charge is 0.375 e. The molecule has 26 heavy (non-hydrogen) atoms. The first kappa shape index (κ1) is 18.9. The number of alkyl halides is 3. The molecule has 3 rings (SSSR count).